The standard InChI is InChI=1S/C20H28O3/c1-2-3-4-15-18-23-19-16-13-11-9-7-5-6-8-10-12-14-17-20(21)22/h3-5,7-8,10-11,13,15-16,18-19H,2,6,9,12,14,17H2,1H3,(H,21,22). The molecular formula is C20H28O3. The Bertz CT molecular complexity index is 452. The number of hydrogen-bond acceptors (Lipinski definition) is 2. The summed E-state index contributed by atoms with van der Waals surface area (Å²) in [6, 6.07) is 0. The lowest BCUT2D eigenvalue weighted by atomic mass is 10.2. The van der Waals surface area contributed by atoms with E-state index in [-0.39, 0.29) is 6.42 Å². The molecule has 23 heavy (non-hydrogen) atoms. The number of allylic oxidation sites excluding steroid dienone is 10. The van der Waals surface area contributed by atoms with Crippen molar-refractivity contribution in [3.8, 4) is 0 Å². The largest absolute Gasteiger partial charge is 0.481 e. The number of carboxylic acids is 1. The molecular weight excluding hydrogens is 288 g/mol. The van der Waals surface area contributed by atoms with Crippen LogP contribution in [0.25, 0.3) is 0 Å². The van der Waals surface area contributed by atoms with Gasteiger partial charge in [-0.2, -0.15) is 0 Å². The molecule has 0 unspecified atom stereocenters. The van der Waals surface area contributed by atoms with Crippen molar-refractivity contribution < 1.29 is 14.6 Å². The van der Waals surface area contributed by atoms with Gasteiger partial charge >= 0.3 is 5.97 Å². The van der Waals surface area contributed by atoms with Crippen LogP contribution in [0.3, 0.4) is 0 Å². The molecule has 0 saturated carbocycles. The van der Waals surface area contributed by atoms with Crippen molar-refractivity contribution in [2.45, 2.75) is 45.4 Å². The Hall–Kier alpha value is -2.29. The minimum Gasteiger partial charge on any atom is -0.481 e. The molecule has 0 bridgehead atoms. The van der Waals surface area contributed by atoms with Crippen LogP contribution in [-0.4, -0.2) is 11.1 Å². The fraction of sp³-hybridized carbons (Fsp3) is 0.350. The van der Waals surface area contributed by atoms with Crippen molar-refractivity contribution in [3.63, 3.8) is 0 Å². The van der Waals surface area contributed by atoms with Gasteiger partial charge in [0.15, 0.2) is 0 Å². The first-order valence-electron chi connectivity index (χ1n) is 8.08. The molecule has 0 saturated heterocycles. The zero-order valence-corrected chi connectivity index (χ0v) is 13.9. The molecule has 0 aliphatic carbocycles. The predicted molar refractivity (Wildman–Crippen MR) is 96.9 cm³/mol. The Balaban J connectivity index is 3.54. The van der Waals surface area contributed by atoms with E-state index in [1.54, 1.807) is 12.5 Å². The first-order chi connectivity index (χ1) is 11.3. The highest BCUT2D eigenvalue weighted by molar-refractivity contribution is 5.66. The van der Waals surface area contributed by atoms with Crippen molar-refractivity contribution in [1.29, 1.82) is 0 Å². The quantitative estimate of drug-likeness (QED) is 0.205. The van der Waals surface area contributed by atoms with Crippen LogP contribution in [0.4, 0.5) is 0 Å². The topological polar surface area (TPSA) is 46.5 Å². The van der Waals surface area contributed by atoms with Gasteiger partial charge in [0.05, 0.1) is 12.5 Å². The first-order valence-corrected chi connectivity index (χ1v) is 8.08. The van der Waals surface area contributed by atoms with Crippen molar-refractivity contribution >= 4 is 5.97 Å². The van der Waals surface area contributed by atoms with E-state index in [0.717, 1.165) is 25.7 Å². The van der Waals surface area contributed by atoms with Crippen LogP contribution in [0, 0.1) is 0 Å². The van der Waals surface area contributed by atoms with Gasteiger partial charge in [0, 0.05) is 6.42 Å². The number of hydrogen-bond donors (Lipinski definition) is 1. The molecule has 0 amide bonds. The molecule has 0 radical (unpaired) electrons. The second-order valence-electron chi connectivity index (χ2n) is 4.76. The molecule has 0 aromatic heterocycles. The maximum atomic E-state index is 10.3. The molecule has 3 nitrogen and oxygen atoms in total. The van der Waals surface area contributed by atoms with Crippen molar-refractivity contribution in [1.82, 2.24) is 0 Å². The molecule has 0 aliphatic heterocycles. The van der Waals surface area contributed by atoms with Gasteiger partial charge in [-0.05, 0) is 44.3 Å². The number of unbranched alkanes of at least 4 members (excludes halogenated alkanes) is 1. The maximum absolute atomic E-state index is 10.3. The smallest absolute Gasteiger partial charge is 0.303 e. The number of aliphatic carboxylic acids is 1. The minimum absolute atomic E-state index is 0.243. The van der Waals surface area contributed by atoms with Crippen molar-refractivity contribution in [2.24, 2.45) is 0 Å². The minimum atomic E-state index is -0.728. The van der Waals surface area contributed by atoms with E-state index in [9.17, 15) is 4.79 Å². The lowest BCUT2D eigenvalue weighted by Gasteiger charge is -1.89. The van der Waals surface area contributed by atoms with Gasteiger partial charge in [-0.25, -0.2) is 0 Å². The van der Waals surface area contributed by atoms with E-state index in [4.69, 9.17) is 9.84 Å². The van der Waals surface area contributed by atoms with Gasteiger partial charge in [0.1, 0.15) is 0 Å². The molecule has 0 rings (SSSR count). The summed E-state index contributed by atoms with van der Waals surface area (Å²) in [6.07, 6.45) is 27.8. The molecule has 0 aromatic rings. The van der Waals surface area contributed by atoms with Gasteiger partial charge in [0.25, 0.3) is 0 Å². The Kier molecular flexibility index (Phi) is 16.0. The third-order valence-electron chi connectivity index (χ3n) is 2.68. The summed E-state index contributed by atoms with van der Waals surface area (Å²) < 4.78 is 5.16. The molecule has 0 aliphatic rings. The molecule has 126 valence electrons. The highest BCUT2D eigenvalue weighted by Crippen LogP contribution is 1.98. The van der Waals surface area contributed by atoms with Crippen LogP contribution in [0.1, 0.15) is 45.4 Å². The fourth-order valence-electron chi connectivity index (χ4n) is 1.53. The van der Waals surface area contributed by atoms with E-state index in [1.807, 2.05) is 36.5 Å². The van der Waals surface area contributed by atoms with Gasteiger partial charge in [-0.1, -0.05) is 55.5 Å². The van der Waals surface area contributed by atoms with Crippen LogP contribution >= 0.6 is 0 Å². The average Bonchev–Trinajstić information content (AvgIpc) is 2.53. The highest BCUT2D eigenvalue weighted by Gasteiger charge is 1.92. The molecule has 0 atom stereocenters. The van der Waals surface area contributed by atoms with Gasteiger partial charge in [-0.15, -0.1) is 0 Å². The molecule has 1 N–H and O–H groups in total. The second-order valence-corrected chi connectivity index (χ2v) is 4.76. The summed E-state index contributed by atoms with van der Waals surface area (Å²) in [5.74, 6) is -0.728. The van der Waals surface area contributed by atoms with Crippen molar-refractivity contribution in [3.05, 3.63) is 73.3 Å². The van der Waals surface area contributed by atoms with Gasteiger partial charge in [0.2, 0.25) is 0 Å². The number of ether oxygens (including phenoxy) is 1. The monoisotopic (exact) mass is 316 g/mol. The number of rotatable bonds is 13. The third kappa shape index (κ3) is 19.7. The van der Waals surface area contributed by atoms with Gasteiger partial charge < -0.3 is 9.84 Å². The van der Waals surface area contributed by atoms with E-state index in [1.165, 1.54) is 0 Å². The SMILES string of the molecule is CCC=CC=COC=CC=CCC=CCC=CCCCC(=O)O. The molecule has 0 fully saturated rings. The second kappa shape index (κ2) is 17.8. The highest BCUT2D eigenvalue weighted by atomic mass is 16.5. The lowest BCUT2D eigenvalue weighted by Crippen LogP contribution is -1.92. The van der Waals surface area contributed by atoms with Crippen LogP contribution in [0.2, 0.25) is 0 Å². The van der Waals surface area contributed by atoms with E-state index in [0.29, 0.717) is 6.42 Å². The van der Waals surface area contributed by atoms with E-state index < -0.39 is 5.97 Å². The maximum Gasteiger partial charge on any atom is 0.303 e. The van der Waals surface area contributed by atoms with Gasteiger partial charge in [-0.3, -0.25) is 4.79 Å². The van der Waals surface area contributed by atoms with Crippen LogP contribution in [0.15, 0.2) is 73.3 Å². The Morgan fingerprint density at radius 1 is 0.870 bits per heavy atom. The summed E-state index contributed by atoms with van der Waals surface area (Å²) in [5.41, 5.74) is 0. The van der Waals surface area contributed by atoms with Crippen molar-refractivity contribution in [2.75, 3.05) is 0 Å². The first kappa shape index (κ1) is 20.7. The number of carbonyl (C=O) groups is 1. The molecule has 0 spiro atoms. The molecule has 0 aromatic carbocycles. The fourth-order valence-corrected chi connectivity index (χ4v) is 1.53. The summed E-state index contributed by atoms with van der Waals surface area (Å²) in [7, 11) is 0. The Morgan fingerprint density at radius 3 is 2.13 bits per heavy atom. The van der Waals surface area contributed by atoms with Crippen LogP contribution in [-0.2, 0) is 9.53 Å². The molecule has 3 heteroatoms. The Labute approximate surface area is 140 Å². The molecule has 0 heterocycles. The summed E-state index contributed by atoms with van der Waals surface area (Å²) in [5, 5.41) is 8.49. The summed E-state index contributed by atoms with van der Waals surface area (Å²) in [6.45, 7) is 2.09. The van der Waals surface area contributed by atoms with Crippen LogP contribution < -0.4 is 0 Å². The van der Waals surface area contributed by atoms with E-state index in [2.05, 4.69) is 31.2 Å². The van der Waals surface area contributed by atoms with E-state index >= 15 is 0 Å². The summed E-state index contributed by atoms with van der Waals surface area (Å²) >= 11 is 0. The Morgan fingerprint density at radius 2 is 1.48 bits per heavy atom. The zero-order chi connectivity index (χ0) is 17.0. The number of carboxylic acid groups (broad SMARTS) is 1. The normalized spacial score (nSPS) is 12.9. The zero-order valence-electron chi connectivity index (χ0n) is 13.9. The lowest BCUT2D eigenvalue weighted by molar-refractivity contribution is -0.137. The summed E-state index contributed by atoms with van der Waals surface area (Å²) in [4.78, 5) is 10.3. The van der Waals surface area contributed by atoms with Crippen LogP contribution in [0.5, 0.6) is 0 Å². The average molecular weight is 316 g/mol. The third-order valence-corrected chi connectivity index (χ3v) is 2.68. The predicted octanol–water partition coefficient (Wildman–Crippen LogP) is 5.70.